The molecule has 0 spiro atoms. The quantitative estimate of drug-likeness (QED) is 0.270. The van der Waals surface area contributed by atoms with Gasteiger partial charge in [-0.3, -0.25) is 9.89 Å². The second-order valence-corrected chi connectivity index (χ2v) is 12.5. The van der Waals surface area contributed by atoms with Gasteiger partial charge in [0.15, 0.2) is 0 Å². The molecule has 3 aromatic carbocycles. The highest BCUT2D eigenvalue weighted by atomic mass is 79.9. The van der Waals surface area contributed by atoms with Crippen molar-refractivity contribution in [1.29, 1.82) is 0 Å². The number of benzene rings is 3. The fraction of sp³-hybridized carbons (Fsp3) is 0.355. The van der Waals surface area contributed by atoms with Crippen molar-refractivity contribution in [2.24, 2.45) is 4.99 Å². The number of rotatable bonds is 2. The van der Waals surface area contributed by atoms with Crippen molar-refractivity contribution >= 4 is 33.4 Å². The Morgan fingerprint density at radius 1 is 0.950 bits per heavy atom. The third kappa shape index (κ3) is 4.33. The predicted molar refractivity (Wildman–Crippen MR) is 150 cm³/mol. The molecule has 0 aromatic heterocycles. The Hall–Kier alpha value is -3.20. The lowest BCUT2D eigenvalue weighted by Gasteiger charge is -2.35. The highest BCUT2D eigenvalue weighted by Crippen LogP contribution is 2.58. The van der Waals surface area contributed by atoms with Crippen LogP contribution in [0.15, 0.2) is 64.1 Å². The molecule has 40 heavy (non-hydrogen) atoms. The zero-order chi connectivity index (χ0) is 28.6. The van der Waals surface area contributed by atoms with Gasteiger partial charge in [0.2, 0.25) is 0 Å². The molecule has 4 nitrogen and oxygen atoms in total. The second-order valence-electron chi connectivity index (χ2n) is 11.6. The van der Waals surface area contributed by atoms with Crippen LogP contribution in [0, 0.1) is 0 Å². The number of nitrogens with zero attached hydrogens (tertiary/aromatic N) is 2. The lowest BCUT2D eigenvalue weighted by Crippen LogP contribution is -2.43. The maximum Gasteiger partial charge on any atom is 0.410 e. The lowest BCUT2D eigenvalue weighted by molar-refractivity contribution is -0.225. The summed E-state index contributed by atoms with van der Waals surface area (Å²) in [6, 6.07) is 13.7. The first-order valence-corrected chi connectivity index (χ1v) is 14.0. The SMILES string of the molecule is CC(C)(C)OC(=O)N1CCC[C@H]1C1=Nc2ccc(-c3ccc4c(c3)C(F)(F)C(F)(F)c3cc(Br)ccc3-4)cc2C1. The van der Waals surface area contributed by atoms with Crippen molar-refractivity contribution in [1.82, 2.24) is 4.90 Å². The molecule has 0 bridgehead atoms. The third-order valence-corrected chi connectivity index (χ3v) is 8.17. The normalized spacial score (nSPS) is 20.4. The maximum atomic E-state index is 15.3. The van der Waals surface area contributed by atoms with E-state index in [0.29, 0.717) is 28.6 Å². The first kappa shape index (κ1) is 27.0. The highest BCUT2D eigenvalue weighted by Gasteiger charge is 2.62. The van der Waals surface area contributed by atoms with Crippen LogP contribution in [0.1, 0.15) is 50.3 Å². The average molecular weight is 615 g/mol. The van der Waals surface area contributed by atoms with Crippen molar-refractivity contribution in [3.63, 3.8) is 0 Å². The van der Waals surface area contributed by atoms with E-state index >= 15 is 17.6 Å². The molecule has 0 radical (unpaired) electrons. The minimum Gasteiger partial charge on any atom is -0.444 e. The standard InChI is InChI=1S/C31H27BrF4N2O2/c1-29(2,3)40-28(39)38-12-4-5-27(38)26-15-19-13-17(7-11-25(19)37-26)18-6-9-21-22-10-8-20(32)16-24(22)31(35,36)30(33,34)23(21)14-18/h6-11,13-14,16,27H,4-5,12,15H2,1-3H3/t27-/m0/s1. The Balaban J connectivity index is 1.30. The van der Waals surface area contributed by atoms with Crippen LogP contribution in [-0.2, 0) is 23.0 Å². The first-order chi connectivity index (χ1) is 18.8. The zero-order valence-electron chi connectivity index (χ0n) is 22.2. The molecule has 1 amide bonds. The molecule has 2 aliphatic heterocycles. The average Bonchev–Trinajstić information content (AvgIpc) is 3.53. The Labute approximate surface area is 238 Å². The van der Waals surface area contributed by atoms with Gasteiger partial charge < -0.3 is 4.74 Å². The molecule has 3 aliphatic rings. The summed E-state index contributed by atoms with van der Waals surface area (Å²) in [7, 11) is 0. The van der Waals surface area contributed by atoms with Gasteiger partial charge >= 0.3 is 17.9 Å². The summed E-state index contributed by atoms with van der Waals surface area (Å²) in [5.41, 5.74) is 1.76. The predicted octanol–water partition coefficient (Wildman–Crippen LogP) is 9.01. The Bertz CT molecular complexity index is 1580. The number of halogens is 5. The van der Waals surface area contributed by atoms with Crippen LogP contribution in [-0.4, -0.2) is 34.9 Å². The number of carbonyl (C=O) groups is 1. The highest BCUT2D eigenvalue weighted by molar-refractivity contribution is 9.10. The molecular formula is C31H27BrF4N2O2. The van der Waals surface area contributed by atoms with E-state index in [2.05, 4.69) is 15.9 Å². The summed E-state index contributed by atoms with van der Waals surface area (Å²) in [5.74, 6) is -8.74. The van der Waals surface area contributed by atoms with Crippen LogP contribution >= 0.6 is 15.9 Å². The van der Waals surface area contributed by atoms with Gasteiger partial charge in [0, 0.05) is 34.3 Å². The number of hydrogen-bond donors (Lipinski definition) is 0. The van der Waals surface area contributed by atoms with E-state index < -0.39 is 28.6 Å². The Morgan fingerprint density at radius 2 is 1.57 bits per heavy atom. The monoisotopic (exact) mass is 614 g/mol. The van der Waals surface area contributed by atoms with Gasteiger partial charge in [-0.15, -0.1) is 0 Å². The van der Waals surface area contributed by atoms with Crippen LogP contribution in [0.25, 0.3) is 22.3 Å². The lowest BCUT2D eigenvalue weighted by atomic mass is 9.79. The molecule has 208 valence electrons. The molecule has 2 heterocycles. The molecule has 1 saturated heterocycles. The van der Waals surface area contributed by atoms with Gasteiger partial charge in [-0.05, 0) is 91.8 Å². The molecule has 1 fully saturated rings. The zero-order valence-corrected chi connectivity index (χ0v) is 23.8. The van der Waals surface area contributed by atoms with E-state index in [1.165, 1.54) is 18.2 Å². The van der Waals surface area contributed by atoms with E-state index in [1.54, 1.807) is 23.1 Å². The minimum atomic E-state index is -4.38. The van der Waals surface area contributed by atoms with Crippen molar-refractivity contribution in [3.8, 4) is 22.3 Å². The van der Waals surface area contributed by atoms with Gasteiger partial charge in [0.05, 0.1) is 11.7 Å². The van der Waals surface area contributed by atoms with Gasteiger partial charge in [0.1, 0.15) is 5.60 Å². The van der Waals surface area contributed by atoms with Crippen LogP contribution in [0.5, 0.6) is 0 Å². The van der Waals surface area contributed by atoms with Crippen molar-refractivity contribution in [3.05, 3.63) is 75.8 Å². The largest absolute Gasteiger partial charge is 0.444 e. The number of ether oxygens (including phenoxy) is 1. The number of aliphatic imine (C=N–C) groups is 1. The summed E-state index contributed by atoms with van der Waals surface area (Å²) < 4.78 is 66.7. The van der Waals surface area contributed by atoms with Crippen molar-refractivity contribution in [2.75, 3.05) is 6.54 Å². The van der Waals surface area contributed by atoms with Crippen LogP contribution < -0.4 is 0 Å². The molecule has 6 rings (SSSR count). The minimum absolute atomic E-state index is 0.0948. The van der Waals surface area contributed by atoms with Gasteiger partial charge in [-0.25, -0.2) is 4.79 Å². The van der Waals surface area contributed by atoms with Crippen molar-refractivity contribution < 1.29 is 27.1 Å². The summed E-state index contributed by atoms with van der Waals surface area (Å²) in [6.45, 7) is 6.08. The Kier molecular flexibility index (Phi) is 6.18. The fourth-order valence-electron chi connectivity index (χ4n) is 5.82. The number of fused-ring (bicyclic) bond motifs is 4. The second kappa shape index (κ2) is 9.16. The number of carbonyl (C=O) groups excluding carboxylic acids is 1. The molecule has 9 heteroatoms. The first-order valence-electron chi connectivity index (χ1n) is 13.2. The molecule has 3 aromatic rings. The summed E-state index contributed by atoms with van der Waals surface area (Å²) in [4.78, 5) is 19.3. The fourth-order valence-corrected chi connectivity index (χ4v) is 6.18. The summed E-state index contributed by atoms with van der Waals surface area (Å²) in [5, 5.41) is 0. The molecule has 0 unspecified atom stereocenters. The summed E-state index contributed by atoms with van der Waals surface area (Å²) in [6.07, 6.45) is 1.77. The van der Waals surface area contributed by atoms with Crippen LogP contribution in [0.4, 0.5) is 28.0 Å². The van der Waals surface area contributed by atoms with Crippen LogP contribution in [0.3, 0.4) is 0 Å². The third-order valence-electron chi connectivity index (χ3n) is 7.68. The van der Waals surface area contributed by atoms with Gasteiger partial charge in [0.25, 0.3) is 0 Å². The number of amides is 1. The van der Waals surface area contributed by atoms with Crippen molar-refractivity contribution in [2.45, 2.75) is 63.5 Å². The van der Waals surface area contributed by atoms with E-state index in [4.69, 9.17) is 9.73 Å². The smallest absolute Gasteiger partial charge is 0.410 e. The van der Waals surface area contributed by atoms with Gasteiger partial charge in [-0.2, -0.15) is 17.6 Å². The molecule has 1 atom stereocenters. The Morgan fingerprint density at radius 3 is 2.27 bits per heavy atom. The van der Waals surface area contributed by atoms with E-state index in [1.807, 2.05) is 32.9 Å². The maximum absolute atomic E-state index is 15.3. The van der Waals surface area contributed by atoms with Gasteiger partial charge in [-0.1, -0.05) is 40.2 Å². The summed E-state index contributed by atoms with van der Waals surface area (Å²) >= 11 is 3.12. The molecule has 1 aliphatic carbocycles. The molecular weight excluding hydrogens is 588 g/mol. The molecule has 0 N–H and O–H groups in total. The number of likely N-dealkylation sites (tertiary alicyclic amines) is 1. The van der Waals surface area contributed by atoms with E-state index in [9.17, 15) is 4.79 Å². The van der Waals surface area contributed by atoms with E-state index in [-0.39, 0.29) is 23.3 Å². The number of alkyl halides is 4. The van der Waals surface area contributed by atoms with Crippen LogP contribution in [0.2, 0.25) is 0 Å². The molecule has 0 saturated carbocycles. The topological polar surface area (TPSA) is 41.9 Å². The number of hydrogen-bond acceptors (Lipinski definition) is 3. The van der Waals surface area contributed by atoms with E-state index in [0.717, 1.165) is 35.9 Å².